The molecule has 27 heavy (non-hydrogen) atoms. The molecule has 8 heteroatoms. The Morgan fingerprint density at radius 1 is 1.11 bits per heavy atom. The van der Waals surface area contributed by atoms with E-state index in [4.69, 9.17) is 0 Å². The van der Waals surface area contributed by atoms with Gasteiger partial charge in [0, 0.05) is 38.6 Å². The lowest BCUT2D eigenvalue weighted by atomic mass is 10.1. The van der Waals surface area contributed by atoms with Gasteiger partial charge in [0.2, 0.25) is 11.8 Å². The van der Waals surface area contributed by atoms with Gasteiger partial charge in [0.15, 0.2) is 0 Å². The smallest absolute Gasteiger partial charge is 0.344 e. The number of halogens is 3. The highest BCUT2D eigenvalue weighted by molar-refractivity contribution is 5.97. The van der Waals surface area contributed by atoms with Crippen molar-refractivity contribution in [3.8, 4) is 0 Å². The Morgan fingerprint density at radius 3 is 2.37 bits per heavy atom. The molecule has 144 valence electrons. The molecule has 1 aromatic heterocycles. The Kier molecular flexibility index (Phi) is 6.55. The molecule has 0 aliphatic carbocycles. The van der Waals surface area contributed by atoms with Crippen molar-refractivity contribution in [1.82, 2.24) is 9.88 Å². The third-order valence-electron chi connectivity index (χ3n) is 4.07. The zero-order chi connectivity index (χ0) is 20.0. The molecule has 2 rings (SSSR count). The van der Waals surface area contributed by atoms with Gasteiger partial charge in [-0.15, -0.1) is 0 Å². The van der Waals surface area contributed by atoms with E-state index in [9.17, 15) is 22.8 Å². The monoisotopic (exact) mass is 379 g/mol. The summed E-state index contributed by atoms with van der Waals surface area (Å²) in [5, 5.41) is 0. The third kappa shape index (κ3) is 5.80. The Labute approximate surface area is 155 Å². The maximum Gasteiger partial charge on any atom is 0.416 e. The van der Waals surface area contributed by atoms with E-state index in [0.29, 0.717) is 13.0 Å². The van der Waals surface area contributed by atoms with Crippen LogP contribution in [0, 0.1) is 0 Å². The van der Waals surface area contributed by atoms with E-state index >= 15 is 0 Å². The SMILES string of the molecule is CC(=O)N(CC(=O)N(C)CCc1ccncc1)c1cccc(C(F)(F)F)c1. The number of aromatic nitrogens is 1. The minimum atomic E-state index is -4.52. The molecule has 0 aliphatic heterocycles. The molecule has 2 aromatic rings. The summed E-state index contributed by atoms with van der Waals surface area (Å²) in [5.74, 6) is -0.873. The maximum atomic E-state index is 12.9. The molecule has 5 nitrogen and oxygen atoms in total. The number of carbonyl (C=O) groups is 2. The lowest BCUT2D eigenvalue weighted by Gasteiger charge is -2.25. The van der Waals surface area contributed by atoms with E-state index in [1.165, 1.54) is 24.0 Å². The number of likely N-dealkylation sites (N-methyl/N-ethyl adjacent to an activating group) is 1. The van der Waals surface area contributed by atoms with Crippen molar-refractivity contribution < 1.29 is 22.8 Å². The van der Waals surface area contributed by atoms with Crippen LogP contribution >= 0.6 is 0 Å². The van der Waals surface area contributed by atoms with Gasteiger partial charge in [0.25, 0.3) is 0 Å². The Hall–Kier alpha value is -2.90. The van der Waals surface area contributed by atoms with Crippen LogP contribution in [-0.2, 0) is 22.2 Å². The van der Waals surface area contributed by atoms with Crippen molar-refractivity contribution in [3.63, 3.8) is 0 Å². The summed E-state index contributed by atoms with van der Waals surface area (Å²) >= 11 is 0. The van der Waals surface area contributed by atoms with E-state index in [2.05, 4.69) is 4.98 Å². The zero-order valence-corrected chi connectivity index (χ0v) is 15.0. The highest BCUT2D eigenvalue weighted by Gasteiger charge is 2.31. The average molecular weight is 379 g/mol. The molecule has 0 fully saturated rings. The number of rotatable bonds is 6. The van der Waals surface area contributed by atoms with Crippen LogP contribution in [0.15, 0.2) is 48.8 Å². The molecule has 0 bridgehead atoms. The first kappa shape index (κ1) is 20.4. The predicted molar refractivity (Wildman–Crippen MR) is 95.0 cm³/mol. The van der Waals surface area contributed by atoms with Gasteiger partial charge in [0.1, 0.15) is 6.54 Å². The lowest BCUT2D eigenvalue weighted by molar-refractivity contribution is -0.137. The number of carbonyl (C=O) groups excluding carboxylic acids is 2. The molecule has 1 aromatic carbocycles. The van der Waals surface area contributed by atoms with Gasteiger partial charge in [0.05, 0.1) is 5.56 Å². The van der Waals surface area contributed by atoms with Crippen molar-refractivity contribution in [2.45, 2.75) is 19.5 Å². The largest absolute Gasteiger partial charge is 0.416 e. The molecule has 0 saturated carbocycles. The van der Waals surface area contributed by atoms with Crippen LogP contribution < -0.4 is 4.90 Å². The van der Waals surface area contributed by atoms with Gasteiger partial charge in [-0.25, -0.2) is 0 Å². The second-order valence-corrected chi connectivity index (χ2v) is 6.07. The molecule has 0 atom stereocenters. The fraction of sp³-hybridized carbons (Fsp3) is 0.316. The van der Waals surface area contributed by atoms with E-state index in [-0.39, 0.29) is 18.1 Å². The first-order chi connectivity index (χ1) is 12.7. The molecule has 0 spiro atoms. The minimum absolute atomic E-state index is 0.0354. The lowest BCUT2D eigenvalue weighted by Crippen LogP contribution is -2.41. The molecule has 0 radical (unpaired) electrons. The molecule has 0 unspecified atom stereocenters. The van der Waals surface area contributed by atoms with Gasteiger partial charge in [-0.3, -0.25) is 14.6 Å². The highest BCUT2D eigenvalue weighted by atomic mass is 19.4. The number of nitrogens with zero attached hydrogens (tertiary/aromatic N) is 3. The number of alkyl halides is 3. The summed E-state index contributed by atoms with van der Waals surface area (Å²) in [5.41, 5.74) is 0.170. The van der Waals surface area contributed by atoms with Crippen molar-refractivity contribution in [2.24, 2.45) is 0 Å². The van der Waals surface area contributed by atoms with Gasteiger partial charge in [-0.1, -0.05) is 6.07 Å². The van der Waals surface area contributed by atoms with Crippen LogP contribution in [0.2, 0.25) is 0 Å². The number of hydrogen-bond donors (Lipinski definition) is 0. The standard InChI is InChI=1S/C19H20F3N3O2/c1-14(26)25(17-5-3-4-16(12-17)19(20,21)22)13-18(27)24(2)11-8-15-6-9-23-10-7-15/h3-7,9-10,12H,8,11,13H2,1-2H3. The molecule has 0 N–H and O–H groups in total. The first-order valence-electron chi connectivity index (χ1n) is 8.26. The normalized spacial score (nSPS) is 11.1. The Morgan fingerprint density at radius 2 is 1.78 bits per heavy atom. The first-order valence-corrected chi connectivity index (χ1v) is 8.26. The van der Waals surface area contributed by atoms with Crippen molar-refractivity contribution >= 4 is 17.5 Å². The summed E-state index contributed by atoms with van der Waals surface area (Å²) in [7, 11) is 1.59. The zero-order valence-electron chi connectivity index (χ0n) is 15.0. The summed E-state index contributed by atoms with van der Waals surface area (Å²) < 4.78 is 38.7. The molecule has 0 saturated heterocycles. The minimum Gasteiger partial charge on any atom is -0.344 e. The molecule has 2 amide bonds. The van der Waals surface area contributed by atoms with Crippen molar-refractivity contribution in [2.75, 3.05) is 25.0 Å². The number of anilines is 1. The fourth-order valence-electron chi connectivity index (χ4n) is 2.46. The van der Waals surface area contributed by atoms with Crippen LogP contribution in [0.25, 0.3) is 0 Å². The van der Waals surface area contributed by atoms with E-state index in [1.807, 2.05) is 12.1 Å². The summed E-state index contributed by atoms with van der Waals surface area (Å²) in [6.45, 7) is 1.30. The quantitative estimate of drug-likeness (QED) is 0.775. The summed E-state index contributed by atoms with van der Waals surface area (Å²) in [6.07, 6.45) is -0.608. The third-order valence-corrected chi connectivity index (χ3v) is 4.07. The van der Waals surface area contributed by atoms with Crippen LogP contribution in [0.1, 0.15) is 18.1 Å². The number of pyridine rings is 1. The number of benzene rings is 1. The van der Waals surface area contributed by atoms with Gasteiger partial charge >= 0.3 is 6.18 Å². The number of hydrogen-bond acceptors (Lipinski definition) is 3. The number of amides is 2. The van der Waals surface area contributed by atoms with Gasteiger partial charge in [-0.2, -0.15) is 13.2 Å². The topological polar surface area (TPSA) is 53.5 Å². The maximum absolute atomic E-state index is 12.9. The molecular weight excluding hydrogens is 359 g/mol. The van der Waals surface area contributed by atoms with Crippen LogP contribution in [0.5, 0.6) is 0 Å². The predicted octanol–water partition coefficient (Wildman–Crippen LogP) is 3.15. The van der Waals surface area contributed by atoms with Crippen LogP contribution in [-0.4, -0.2) is 41.8 Å². The fourth-order valence-corrected chi connectivity index (χ4v) is 2.46. The highest BCUT2D eigenvalue weighted by Crippen LogP contribution is 2.31. The Balaban J connectivity index is 2.07. The average Bonchev–Trinajstić information content (AvgIpc) is 2.64. The summed E-state index contributed by atoms with van der Waals surface area (Å²) in [4.78, 5) is 30.8. The van der Waals surface area contributed by atoms with Crippen molar-refractivity contribution in [3.05, 3.63) is 59.9 Å². The van der Waals surface area contributed by atoms with Crippen LogP contribution in [0.4, 0.5) is 18.9 Å². The second kappa shape index (κ2) is 8.66. The van der Waals surface area contributed by atoms with E-state index < -0.39 is 17.6 Å². The van der Waals surface area contributed by atoms with Crippen LogP contribution in [0.3, 0.4) is 0 Å². The van der Waals surface area contributed by atoms with Crippen molar-refractivity contribution in [1.29, 1.82) is 0 Å². The second-order valence-electron chi connectivity index (χ2n) is 6.07. The van der Waals surface area contributed by atoms with E-state index in [1.54, 1.807) is 19.4 Å². The summed E-state index contributed by atoms with van der Waals surface area (Å²) in [6, 6.07) is 8.05. The van der Waals surface area contributed by atoms with E-state index in [0.717, 1.165) is 22.6 Å². The molecule has 0 aliphatic rings. The molecule has 1 heterocycles. The molecular formula is C19H20F3N3O2. The Bertz CT molecular complexity index is 794. The van der Waals surface area contributed by atoms with Gasteiger partial charge in [-0.05, 0) is 42.3 Å². The van der Waals surface area contributed by atoms with Gasteiger partial charge < -0.3 is 9.80 Å².